The summed E-state index contributed by atoms with van der Waals surface area (Å²) in [5, 5.41) is 9.24. The van der Waals surface area contributed by atoms with E-state index in [1.807, 2.05) is 25.7 Å². The van der Waals surface area contributed by atoms with Crippen LogP contribution in [0.1, 0.15) is 51.2 Å². The molecule has 1 heterocycles. The molecule has 2 amide bonds. The zero-order valence-electron chi connectivity index (χ0n) is 18.6. The molecule has 0 aliphatic carbocycles. The Balaban J connectivity index is 1.64. The number of aliphatic imine (C=N–C) groups is 1. The summed E-state index contributed by atoms with van der Waals surface area (Å²) in [6.07, 6.45) is 1.99. The van der Waals surface area contributed by atoms with E-state index in [0.717, 1.165) is 30.5 Å². The van der Waals surface area contributed by atoms with E-state index in [4.69, 9.17) is 4.74 Å². The maximum absolute atomic E-state index is 11.7. The van der Waals surface area contributed by atoms with Crippen LogP contribution < -0.4 is 16.0 Å². The van der Waals surface area contributed by atoms with Crippen LogP contribution in [0.4, 0.5) is 4.79 Å². The van der Waals surface area contributed by atoms with Crippen molar-refractivity contribution in [2.45, 2.75) is 58.7 Å². The predicted octanol–water partition coefficient (Wildman–Crippen LogP) is 2.39. The van der Waals surface area contributed by atoms with Gasteiger partial charge in [-0.25, -0.2) is 4.79 Å². The summed E-state index contributed by atoms with van der Waals surface area (Å²) in [6, 6.07) is 8.28. The topological polar surface area (TPSA) is 95.1 Å². The molecule has 2 rings (SSSR count). The first-order valence-electron chi connectivity index (χ1n) is 10.5. The summed E-state index contributed by atoms with van der Waals surface area (Å²) in [4.78, 5) is 29.5. The van der Waals surface area contributed by atoms with Gasteiger partial charge in [0, 0.05) is 46.2 Å². The Labute approximate surface area is 179 Å². The maximum Gasteiger partial charge on any atom is 0.407 e. The summed E-state index contributed by atoms with van der Waals surface area (Å²) >= 11 is 0. The van der Waals surface area contributed by atoms with Crippen LogP contribution in [0.25, 0.3) is 0 Å². The van der Waals surface area contributed by atoms with E-state index < -0.39 is 11.7 Å². The van der Waals surface area contributed by atoms with Crippen LogP contribution >= 0.6 is 0 Å². The van der Waals surface area contributed by atoms with Crippen molar-refractivity contribution in [3.05, 3.63) is 35.4 Å². The molecule has 0 spiro atoms. The number of nitrogens with zero attached hydrogens (tertiary/aromatic N) is 2. The summed E-state index contributed by atoms with van der Waals surface area (Å²) in [5.74, 6) is 0.955. The van der Waals surface area contributed by atoms with Crippen LogP contribution in [0.5, 0.6) is 0 Å². The third kappa shape index (κ3) is 8.71. The highest BCUT2D eigenvalue weighted by Crippen LogP contribution is 2.14. The molecule has 166 valence electrons. The van der Waals surface area contributed by atoms with E-state index in [0.29, 0.717) is 38.6 Å². The van der Waals surface area contributed by atoms with E-state index in [9.17, 15) is 9.59 Å². The van der Waals surface area contributed by atoms with Crippen LogP contribution in [-0.2, 0) is 22.6 Å². The second kappa shape index (κ2) is 11.4. The van der Waals surface area contributed by atoms with Gasteiger partial charge in [0.1, 0.15) is 5.60 Å². The van der Waals surface area contributed by atoms with Crippen molar-refractivity contribution in [3.8, 4) is 0 Å². The zero-order valence-corrected chi connectivity index (χ0v) is 18.6. The fraction of sp³-hybridized carbons (Fsp3) is 0.591. The molecule has 0 bridgehead atoms. The SMILES string of the molecule is CN=C(NCCCNC(=O)OC(C)(C)C)NCc1ccc(CN2CCCC2=O)cc1. The van der Waals surface area contributed by atoms with Gasteiger partial charge in [0.25, 0.3) is 0 Å². The fourth-order valence-corrected chi connectivity index (χ4v) is 3.06. The second-order valence-electron chi connectivity index (χ2n) is 8.37. The smallest absolute Gasteiger partial charge is 0.407 e. The number of carbonyl (C=O) groups is 2. The van der Waals surface area contributed by atoms with Crippen LogP contribution in [0.3, 0.4) is 0 Å². The standard InChI is InChI=1S/C22H35N5O3/c1-22(2,3)30-21(29)25-13-6-12-24-20(23-4)26-15-17-8-10-18(11-9-17)16-27-14-5-7-19(27)28/h8-11H,5-7,12-16H2,1-4H3,(H,25,29)(H2,23,24,26). The molecule has 0 saturated carbocycles. The van der Waals surface area contributed by atoms with Gasteiger partial charge < -0.3 is 25.6 Å². The number of benzene rings is 1. The molecule has 30 heavy (non-hydrogen) atoms. The highest BCUT2D eigenvalue weighted by molar-refractivity contribution is 5.79. The number of hydrogen-bond donors (Lipinski definition) is 3. The fourth-order valence-electron chi connectivity index (χ4n) is 3.06. The Morgan fingerprint density at radius 3 is 2.37 bits per heavy atom. The average molecular weight is 418 g/mol. The first-order chi connectivity index (χ1) is 14.3. The lowest BCUT2D eigenvalue weighted by Crippen LogP contribution is -2.39. The number of amides is 2. The van der Waals surface area contributed by atoms with Gasteiger partial charge in [-0.3, -0.25) is 9.79 Å². The quantitative estimate of drug-likeness (QED) is 0.343. The largest absolute Gasteiger partial charge is 0.444 e. The van der Waals surface area contributed by atoms with Crippen molar-refractivity contribution >= 4 is 18.0 Å². The van der Waals surface area contributed by atoms with E-state index in [-0.39, 0.29) is 5.91 Å². The molecular weight excluding hydrogens is 382 g/mol. The summed E-state index contributed by atoms with van der Waals surface area (Å²) < 4.78 is 5.20. The lowest BCUT2D eigenvalue weighted by molar-refractivity contribution is -0.128. The van der Waals surface area contributed by atoms with Crippen molar-refractivity contribution in [3.63, 3.8) is 0 Å². The lowest BCUT2D eigenvalue weighted by Gasteiger charge is -2.19. The molecule has 0 radical (unpaired) electrons. The normalized spacial score (nSPS) is 14.6. The van der Waals surface area contributed by atoms with E-state index in [1.54, 1.807) is 7.05 Å². The highest BCUT2D eigenvalue weighted by atomic mass is 16.6. The van der Waals surface area contributed by atoms with Crippen molar-refractivity contribution < 1.29 is 14.3 Å². The van der Waals surface area contributed by atoms with Gasteiger partial charge in [0.05, 0.1) is 0 Å². The number of guanidine groups is 1. The summed E-state index contributed by atoms with van der Waals surface area (Å²) in [7, 11) is 1.73. The van der Waals surface area contributed by atoms with Gasteiger partial charge in [0.2, 0.25) is 5.91 Å². The molecule has 8 nitrogen and oxygen atoms in total. The van der Waals surface area contributed by atoms with Crippen molar-refractivity contribution in [2.24, 2.45) is 4.99 Å². The van der Waals surface area contributed by atoms with Gasteiger partial charge in [0.15, 0.2) is 5.96 Å². The third-order valence-corrected chi connectivity index (χ3v) is 4.57. The monoisotopic (exact) mass is 417 g/mol. The third-order valence-electron chi connectivity index (χ3n) is 4.57. The lowest BCUT2D eigenvalue weighted by atomic mass is 10.1. The van der Waals surface area contributed by atoms with Gasteiger partial charge in [-0.1, -0.05) is 24.3 Å². The molecule has 1 aliphatic heterocycles. The number of nitrogens with one attached hydrogen (secondary N) is 3. The minimum atomic E-state index is -0.488. The Morgan fingerprint density at radius 2 is 1.77 bits per heavy atom. The average Bonchev–Trinajstić information content (AvgIpc) is 3.08. The second-order valence-corrected chi connectivity index (χ2v) is 8.37. The summed E-state index contributed by atoms with van der Waals surface area (Å²) in [6.45, 7) is 8.92. The molecule has 3 N–H and O–H groups in total. The minimum absolute atomic E-state index is 0.247. The number of alkyl carbamates (subject to hydrolysis) is 1. The molecule has 1 aliphatic rings. The first kappa shape index (κ1) is 23.5. The van der Waals surface area contributed by atoms with E-state index in [1.165, 1.54) is 0 Å². The Bertz CT molecular complexity index is 725. The molecule has 0 unspecified atom stereocenters. The minimum Gasteiger partial charge on any atom is -0.444 e. The highest BCUT2D eigenvalue weighted by Gasteiger charge is 2.19. The molecule has 0 atom stereocenters. The zero-order chi connectivity index (χ0) is 22.0. The number of likely N-dealkylation sites (tertiary alicyclic amines) is 1. The molecule has 1 aromatic carbocycles. The first-order valence-corrected chi connectivity index (χ1v) is 10.5. The number of carbonyl (C=O) groups excluding carboxylic acids is 2. The number of rotatable bonds is 8. The maximum atomic E-state index is 11.7. The van der Waals surface area contributed by atoms with Crippen LogP contribution in [0.2, 0.25) is 0 Å². The van der Waals surface area contributed by atoms with Gasteiger partial charge in [-0.2, -0.15) is 0 Å². The summed E-state index contributed by atoms with van der Waals surface area (Å²) in [5.41, 5.74) is 1.80. The van der Waals surface area contributed by atoms with Crippen molar-refractivity contribution in [1.29, 1.82) is 0 Å². The van der Waals surface area contributed by atoms with Crippen molar-refractivity contribution in [1.82, 2.24) is 20.9 Å². The van der Waals surface area contributed by atoms with E-state index in [2.05, 4.69) is 45.2 Å². The molecule has 8 heteroatoms. The van der Waals surface area contributed by atoms with Gasteiger partial charge >= 0.3 is 6.09 Å². The van der Waals surface area contributed by atoms with Crippen molar-refractivity contribution in [2.75, 3.05) is 26.7 Å². The van der Waals surface area contributed by atoms with Crippen LogP contribution in [0.15, 0.2) is 29.3 Å². The van der Waals surface area contributed by atoms with Gasteiger partial charge in [-0.15, -0.1) is 0 Å². The van der Waals surface area contributed by atoms with Crippen LogP contribution in [-0.4, -0.2) is 55.1 Å². The predicted molar refractivity (Wildman–Crippen MR) is 118 cm³/mol. The molecule has 1 fully saturated rings. The number of ether oxygens (including phenoxy) is 1. The molecule has 0 aromatic heterocycles. The number of hydrogen-bond acceptors (Lipinski definition) is 4. The van der Waals surface area contributed by atoms with Gasteiger partial charge in [-0.05, 0) is 44.7 Å². The molecule has 1 saturated heterocycles. The molecular formula is C22H35N5O3. The Kier molecular flexibility index (Phi) is 8.95. The Hall–Kier alpha value is -2.77. The Morgan fingerprint density at radius 1 is 1.10 bits per heavy atom. The molecule has 1 aromatic rings. The van der Waals surface area contributed by atoms with E-state index >= 15 is 0 Å². The van der Waals surface area contributed by atoms with Crippen LogP contribution in [0, 0.1) is 0 Å².